The summed E-state index contributed by atoms with van der Waals surface area (Å²) in [5.41, 5.74) is 4.31. The van der Waals surface area contributed by atoms with Gasteiger partial charge < -0.3 is 4.90 Å². The fourth-order valence-corrected chi connectivity index (χ4v) is 3.44. The van der Waals surface area contributed by atoms with E-state index in [4.69, 9.17) is 0 Å². The maximum absolute atomic E-state index is 13.9. The van der Waals surface area contributed by atoms with Crippen LogP contribution in [-0.2, 0) is 17.6 Å². The molecule has 0 fully saturated rings. The number of fused-ring (bicyclic) bond motifs is 1. The molecule has 3 rings (SSSR count). The highest BCUT2D eigenvalue weighted by Gasteiger charge is 2.29. The van der Waals surface area contributed by atoms with Crippen LogP contribution in [0.2, 0.25) is 0 Å². The van der Waals surface area contributed by atoms with Crippen LogP contribution in [-0.4, -0.2) is 32.4 Å². The van der Waals surface area contributed by atoms with Gasteiger partial charge in [0.25, 0.3) is 0 Å². The number of carbonyl (C=O) groups excluding carboxylic acids is 1. The van der Waals surface area contributed by atoms with Gasteiger partial charge in [-0.1, -0.05) is 52.8 Å². The zero-order chi connectivity index (χ0) is 24.7. The number of benzene rings is 2. The van der Waals surface area contributed by atoms with Crippen LogP contribution in [0.25, 0.3) is 0 Å². The van der Waals surface area contributed by atoms with Crippen molar-refractivity contribution in [1.29, 1.82) is 5.26 Å². The van der Waals surface area contributed by atoms with E-state index in [2.05, 4.69) is 11.1 Å². The van der Waals surface area contributed by atoms with Gasteiger partial charge in [0.05, 0.1) is 24.8 Å². The molecular weight excluding hydrogens is 408 g/mol. The number of aliphatic imine (C=N–C) groups is 1. The van der Waals surface area contributed by atoms with Gasteiger partial charge in [0.2, 0.25) is 5.91 Å². The third-order valence-corrected chi connectivity index (χ3v) is 4.72. The summed E-state index contributed by atoms with van der Waals surface area (Å²) in [5.74, 6) is -0.583. The Balaban J connectivity index is 0.00000148. The molecule has 0 saturated carbocycles. The molecule has 0 bridgehead atoms. The maximum Gasteiger partial charge on any atom is 0.231 e. The monoisotopic (exact) mass is 443 g/mol. The smallest absolute Gasteiger partial charge is 0.231 e. The quantitative estimate of drug-likeness (QED) is 0.521. The summed E-state index contributed by atoms with van der Waals surface area (Å²) in [4.78, 5) is 18.6. The largest absolute Gasteiger partial charge is 0.310 e. The van der Waals surface area contributed by atoms with Gasteiger partial charge in [-0.2, -0.15) is 5.26 Å². The predicted molar refractivity (Wildman–Crippen MR) is 130 cm³/mol. The fraction of sp³-hybridized carbons (Fsp3) is 0.423. The van der Waals surface area contributed by atoms with Crippen molar-refractivity contribution >= 4 is 17.3 Å². The van der Waals surface area contributed by atoms with Crippen molar-refractivity contribution in [3.63, 3.8) is 0 Å². The molecule has 1 heterocycles. The molecule has 0 saturated heterocycles. The van der Waals surface area contributed by atoms with Gasteiger partial charge in [-0.15, -0.1) is 0 Å². The van der Waals surface area contributed by atoms with Crippen molar-refractivity contribution in [2.75, 3.05) is 25.7 Å². The molecule has 0 spiro atoms. The standard InChI is InChI=1S/C21H20FN3O.2C2H6.CH3F/c1-3-19(24-2)16-10-15-8-9-25(21(15)17(11-16)13-23)20(26)12-14-6-4-5-7-18(14)22;3*1-2/h4-7,10-11H,3,8-9,12H2,1-2H3;2*1-2H3;1H3. The average Bonchev–Trinajstić information content (AvgIpc) is 3.29. The Morgan fingerprint density at radius 3 is 2.31 bits per heavy atom. The van der Waals surface area contributed by atoms with Gasteiger partial charge in [-0.3, -0.25) is 14.2 Å². The first-order chi connectivity index (χ1) is 15.6. The number of hydrogen-bond donors (Lipinski definition) is 0. The van der Waals surface area contributed by atoms with E-state index < -0.39 is 0 Å². The van der Waals surface area contributed by atoms with Crippen molar-refractivity contribution in [3.8, 4) is 6.07 Å². The SMILES string of the molecule is CC.CC.CCC(=NC)c1cc(C#N)c2c(c1)CCN2C(=O)Cc1ccccc1F.CF. The lowest BCUT2D eigenvalue weighted by Crippen LogP contribution is -2.31. The summed E-state index contributed by atoms with van der Waals surface area (Å²) in [6.07, 6.45) is 1.44. The second kappa shape index (κ2) is 15.7. The van der Waals surface area contributed by atoms with E-state index in [1.54, 1.807) is 36.2 Å². The first-order valence-corrected chi connectivity index (χ1v) is 11.0. The number of amides is 1. The lowest BCUT2D eigenvalue weighted by atomic mass is 9.99. The molecular formula is C26H35F2N3O. The number of anilines is 1. The summed E-state index contributed by atoms with van der Waals surface area (Å²) in [7, 11) is 2.24. The van der Waals surface area contributed by atoms with E-state index in [1.807, 2.05) is 40.7 Å². The Morgan fingerprint density at radius 1 is 1.16 bits per heavy atom. The van der Waals surface area contributed by atoms with Crippen LogP contribution in [0.3, 0.4) is 0 Å². The van der Waals surface area contributed by atoms with E-state index in [9.17, 15) is 18.8 Å². The first-order valence-electron chi connectivity index (χ1n) is 11.0. The van der Waals surface area contributed by atoms with Gasteiger partial charge in [-0.25, -0.2) is 4.39 Å². The molecule has 2 aromatic rings. The van der Waals surface area contributed by atoms with Gasteiger partial charge in [-0.05, 0) is 47.7 Å². The molecule has 0 aromatic heterocycles. The van der Waals surface area contributed by atoms with E-state index in [0.29, 0.717) is 37.0 Å². The molecule has 0 unspecified atom stereocenters. The van der Waals surface area contributed by atoms with Crippen molar-refractivity contribution in [1.82, 2.24) is 0 Å². The zero-order valence-corrected chi connectivity index (χ0v) is 20.3. The van der Waals surface area contributed by atoms with Crippen molar-refractivity contribution < 1.29 is 13.6 Å². The second-order valence-corrected chi connectivity index (χ2v) is 6.23. The molecule has 4 nitrogen and oxygen atoms in total. The second-order valence-electron chi connectivity index (χ2n) is 6.23. The Kier molecular flexibility index (Phi) is 14.2. The van der Waals surface area contributed by atoms with Crippen molar-refractivity contribution in [2.45, 2.75) is 53.9 Å². The minimum atomic E-state index is -0.386. The summed E-state index contributed by atoms with van der Waals surface area (Å²) in [6.45, 7) is 10.5. The minimum absolute atomic E-state index is 0.0185. The number of hydrogen-bond acceptors (Lipinski definition) is 3. The van der Waals surface area contributed by atoms with Crippen LogP contribution < -0.4 is 4.90 Å². The summed E-state index contributed by atoms with van der Waals surface area (Å²) < 4.78 is 23.4. The van der Waals surface area contributed by atoms with Crippen LogP contribution >= 0.6 is 0 Å². The van der Waals surface area contributed by atoms with Crippen LogP contribution in [0.15, 0.2) is 41.4 Å². The molecule has 1 aliphatic heterocycles. The molecule has 0 radical (unpaired) electrons. The maximum atomic E-state index is 13.9. The minimum Gasteiger partial charge on any atom is -0.310 e. The van der Waals surface area contributed by atoms with Crippen LogP contribution in [0.4, 0.5) is 14.5 Å². The van der Waals surface area contributed by atoms with Crippen LogP contribution in [0, 0.1) is 17.1 Å². The molecule has 0 aliphatic carbocycles. The Morgan fingerprint density at radius 2 is 1.78 bits per heavy atom. The van der Waals surface area contributed by atoms with Gasteiger partial charge in [0.15, 0.2) is 0 Å². The molecule has 174 valence electrons. The number of carbonyl (C=O) groups is 1. The van der Waals surface area contributed by atoms with E-state index in [0.717, 1.165) is 23.3 Å². The number of rotatable bonds is 4. The van der Waals surface area contributed by atoms with E-state index in [1.165, 1.54) is 6.07 Å². The molecule has 1 amide bonds. The molecule has 0 N–H and O–H groups in total. The van der Waals surface area contributed by atoms with Gasteiger partial charge >= 0.3 is 0 Å². The highest BCUT2D eigenvalue weighted by Crippen LogP contribution is 2.34. The number of nitrogens with zero attached hydrogens (tertiary/aromatic N) is 3. The predicted octanol–water partition coefficient (Wildman–Crippen LogP) is 6.30. The fourth-order valence-electron chi connectivity index (χ4n) is 3.44. The van der Waals surface area contributed by atoms with Gasteiger partial charge in [0.1, 0.15) is 11.9 Å². The Bertz CT molecular complexity index is 933. The summed E-state index contributed by atoms with van der Waals surface area (Å²) in [5, 5.41) is 9.60. The molecule has 1 aliphatic rings. The normalized spacial score (nSPS) is 11.5. The van der Waals surface area contributed by atoms with Gasteiger partial charge in [0, 0.05) is 19.3 Å². The molecule has 6 heteroatoms. The molecule has 32 heavy (non-hydrogen) atoms. The Labute approximate surface area is 191 Å². The highest BCUT2D eigenvalue weighted by molar-refractivity contribution is 6.03. The average molecular weight is 444 g/mol. The number of alkyl halides is 1. The van der Waals surface area contributed by atoms with Crippen LogP contribution in [0.5, 0.6) is 0 Å². The lowest BCUT2D eigenvalue weighted by molar-refractivity contribution is -0.117. The number of halogens is 2. The topological polar surface area (TPSA) is 56.5 Å². The van der Waals surface area contributed by atoms with E-state index >= 15 is 0 Å². The van der Waals surface area contributed by atoms with Crippen molar-refractivity contribution in [2.24, 2.45) is 4.99 Å². The summed E-state index contributed by atoms with van der Waals surface area (Å²) in [6, 6.07) is 12.3. The lowest BCUT2D eigenvalue weighted by Gasteiger charge is -2.19. The van der Waals surface area contributed by atoms with E-state index in [-0.39, 0.29) is 18.1 Å². The molecule has 0 atom stereocenters. The highest BCUT2D eigenvalue weighted by atomic mass is 19.1. The van der Waals surface area contributed by atoms with Crippen molar-refractivity contribution in [3.05, 3.63) is 64.5 Å². The first kappa shape index (κ1) is 28.9. The Hall–Kier alpha value is -3.07. The third kappa shape index (κ3) is 6.98. The number of nitriles is 1. The zero-order valence-electron chi connectivity index (χ0n) is 20.3. The molecule has 2 aromatic carbocycles. The van der Waals surface area contributed by atoms with Crippen LogP contribution in [0.1, 0.15) is 63.3 Å². The summed E-state index contributed by atoms with van der Waals surface area (Å²) >= 11 is 0. The third-order valence-electron chi connectivity index (χ3n) is 4.72.